The predicted molar refractivity (Wildman–Crippen MR) is 89.7 cm³/mol. The van der Waals surface area contributed by atoms with Crippen LogP contribution >= 0.6 is 43.2 Å². The molecule has 2 fully saturated rings. The van der Waals surface area contributed by atoms with Gasteiger partial charge in [-0.25, -0.2) is 0 Å². The van der Waals surface area contributed by atoms with E-state index in [4.69, 9.17) is 0 Å². The molecular formula is C15H21Br2NS. The lowest BCUT2D eigenvalue weighted by Crippen LogP contribution is -2.25. The minimum atomic E-state index is 0.520. The van der Waals surface area contributed by atoms with Crippen molar-refractivity contribution in [3.05, 3.63) is 19.2 Å². The van der Waals surface area contributed by atoms with Crippen LogP contribution in [0.5, 0.6) is 0 Å². The van der Waals surface area contributed by atoms with Crippen LogP contribution in [0.4, 0.5) is 0 Å². The zero-order valence-corrected chi connectivity index (χ0v) is 15.3. The van der Waals surface area contributed by atoms with Gasteiger partial charge in [0.05, 0.1) is 7.57 Å². The van der Waals surface area contributed by atoms with Gasteiger partial charge >= 0.3 is 0 Å². The highest BCUT2D eigenvalue weighted by Crippen LogP contribution is 2.51. The Hall–Kier alpha value is 0.620. The molecule has 4 atom stereocenters. The zero-order chi connectivity index (χ0) is 13.4. The maximum Gasteiger partial charge on any atom is 0.0758 e. The Balaban J connectivity index is 1.72. The average Bonchev–Trinajstić information content (AvgIpc) is 3.04. The molecule has 19 heavy (non-hydrogen) atoms. The van der Waals surface area contributed by atoms with E-state index in [0.717, 1.165) is 24.3 Å². The van der Waals surface area contributed by atoms with Gasteiger partial charge in [0.25, 0.3) is 0 Å². The number of hydrogen-bond acceptors (Lipinski definition) is 2. The smallest absolute Gasteiger partial charge is 0.0758 e. The van der Waals surface area contributed by atoms with Crippen molar-refractivity contribution in [2.75, 3.05) is 6.54 Å². The standard InChI is InChI=1S/C15H21Br2NS/c1-2-18-13(12-8-14(16)19-15(12)17)7-11-6-9-3-4-10(11)5-9/h8-11,13,18H,2-7H2,1H3. The SMILES string of the molecule is CCNC(CC1CC2CCC1C2)c1cc(Br)sc1Br. The summed E-state index contributed by atoms with van der Waals surface area (Å²) in [5.41, 5.74) is 1.45. The van der Waals surface area contributed by atoms with Crippen LogP contribution in [-0.4, -0.2) is 6.54 Å². The van der Waals surface area contributed by atoms with E-state index >= 15 is 0 Å². The van der Waals surface area contributed by atoms with Crippen molar-refractivity contribution in [2.45, 2.75) is 45.1 Å². The Morgan fingerprint density at radius 3 is 2.74 bits per heavy atom. The van der Waals surface area contributed by atoms with Crippen molar-refractivity contribution in [1.29, 1.82) is 0 Å². The molecule has 2 bridgehead atoms. The van der Waals surface area contributed by atoms with E-state index in [1.54, 1.807) is 11.3 Å². The third-order valence-electron chi connectivity index (χ3n) is 4.93. The fourth-order valence-corrected chi connectivity index (χ4v) is 7.10. The van der Waals surface area contributed by atoms with E-state index in [1.165, 1.54) is 45.2 Å². The summed E-state index contributed by atoms with van der Waals surface area (Å²) in [5.74, 6) is 3.02. The van der Waals surface area contributed by atoms with Crippen LogP contribution in [0.1, 0.15) is 50.6 Å². The molecular weight excluding hydrogens is 386 g/mol. The van der Waals surface area contributed by atoms with E-state index < -0.39 is 0 Å². The number of rotatable bonds is 5. The first kappa shape index (κ1) is 14.6. The Kier molecular flexibility index (Phi) is 4.72. The Labute approximate surface area is 136 Å². The number of hydrogen-bond donors (Lipinski definition) is 1. The normalized spacial score (nSPS) is 31.0. The van der Waals surface area contributed by atoms with Gasteiger partial charge in [-0.15, -0.1) is 11.3 Å². The molecule has 0 spiro atoms. The molecule has 106 valence electrons. The summed E-state index contributed by atoms with van der Waals surface area (Å²) in [5, 5.41) is 3.70. The molecule has 0 amide bonds. The summed E-state index contributed by atoms with van der Waals surface area (Å²) in [7, 11) is 0. The average molecular weight is 407 g/mol. The third kappa shape index (κ3) is 3.12. The van der Waals surface area contributed by atoms with Crippen LogP contribution < -0.4 is 5.32 Å². The summed E-state index contributed by atoms with van der Waals surface area (Å²) in [6, 6.07) is 2.81. The monoisotopic (exact) mass is 405 g/mol. The molecule has 4 heteroatoms. The van der Waals surface area contributed by atoms with Crippen LogP contribution in [0.2, 0.25) is 0 Å². The summed E-state index contributed by atoms with van der Waals surface area (Å²) in [4.78, 5) is 0. The van der Waals surface area contributed by atoms with Gasteiger partial charge < -0.3 is 5.32 Å². The molecule has 1 aromatic heterocycles. The lowest BCUT2D eigenvalue weighted by atomic mass is 9.83. The molecule has 2 aliphatic carbocycles. The van der Waals surface area contributed by atoms with Gasteiger partial charge in [0.15, 0.2) is 0 Å². The van der Waals surface area contributed by atoms with Crippen molar-refractivity contribution >= 4 is 43.2 Å². The molecule has 0 saturated heterocycles. The lowest BCUT2D eigenvalue weighted by Gasteiger charge is -2.27. The first-order valence-corrected chi connectivity index (χ1v) is 9.75. The lowest BCUT2D eigenvalue weighted by molar-refractivity contribution is 0.280. The number of thiophene rings is 1. The maximum atomic E-state index is 3.73. The first-order chi connectivity index (χ1) is 9.17. The molecule has 3 rings (SSSR count). The highest BCUT2D eigenvalue weighted by Gasteiger charge is 2.40. The van der Waals surface area contributed by atoms with E-state index in [2.05, 4.69) is 50.2 Å². The Morgan fingerprint density at radius 2 is 2.21 bits per heavy atom. The fraction of sp³-hybridized carbons (Fsp3) is 0.733. The second-order valence-corrected chi connectivity index (χ2v) is 9.81. The molecule has 4 unspecified atom stereocenters. The highest BCUT2D eigenvalue weighted by molar-refractivity contribution is 9.12. The number of halogens is 2. The second kappa shape index (κ2) is 6.17. The summed E-state index contributed by atoms with van der Waals surface area (Å²) >= 11 is 9.13. The molecule has 1 heterocycles. The van der Waals surface area contributed by atoms with Crippen molar-refractivity contribution in [3.8, 4) is 0 Å². The van der Waals surface area contributed by atoms with Crippen LogP contribution in [0.3, 0.4) is 0 Å². The largest absolute Gasteiger partial charge is 0.310 e. The molecule has 1 N–H and O–H groups in total. The van der Waals surface area contributed by atoms with Crippen molar-refractivity contribution in [3.63, 3.8) is 0 Å². The van der Waals surface area contributed by atoms with Crippen molar-refractivity contribution in [2.24, 2.45) is 17.8 Å². The summed E-state index contributed by atoms with van der Waals surface area (Å²) < 4.78 is 2.51. The van der Waals surface area contributed by atoms with Crippen molar-refractivity contribution in [1.82, 2.24) is 5.32 Å². The maximum absolute atomic E-state index is 3.73. The first-order valence-electron chi connectivity index (χ1n) is 7.35. The summed E-state index contributed by atoms with van der Waals surface area (Å²) in [6.07, 6.45) is 7.30. The molecule has 1 aromatic rings. The van der Waals surface area contributed by atoms with Crippen LogP contribution in [0.25, 0.3) is 0 Å². The van der Waals surface area contributed by atoms with E-state index in [9.17, 15) is 0 Å². The summed E-state index contributed by atoms with van der Waals surface area (Å²) in [6.45, 7) is 3.26. The minimum absolute atomic E-state index is 0.520. The van der Waals surface area contributed by atoms with Crippen LogP contribution in [-0.2, 0) is 0 Å². The molecule has 0 aromatic carbocycles. The van der Waals surface area contributed by atoms with E-state index in [1.807, 2.05) is 0 Å². The minimum Gasteiger partial charge on any atom is -0.310 e. The van der Waals surface area contributed by atoms with Gasteiger partial charge in [0.2, 0.25) is 0 Å². The molecule has 1 nitrogen and oxygen atoms in total. The number of fused-ring (bicyclic) bond motifs is 2. The second-order valence-electron chi connectivity index (χ2n) is 6.06. The van der Waals surface area contributed by atoms with Crippen LogP contribution in [0, 0.1) is 17.8 Å². The van der Waals surface area contributed by atoms with Gasteiger partial charge in [0.1, 0.15) is 0 Å². The van der Waals surface area contributed by atoms with Gasteiger partial charge in [-0.05, 0) is 93.5 Å². The third-order valence-corrected chi connectivity index (χ3v) is 7.32. The van der Waals surface area contributed by atoms with E-state index in [0.29, 0.717) is 6.04 Å². The number of nitrogens with one attached hydrogen (secondary N) is 1. The topological polar surface area (TPSA) is 12.0 Å². The zero-order valence-electron chi connectivity index (χ0n) is 11.3. The van der Waals surface area contributed by atoms with E-state index in [-0.39, 0.29) is 0 Å². The highest BCUT2D eigenvalue weighted by atomic mass is 79.9. The van der Waals surface area contributed by atoms with Gasteiger partial charge in [-0.3, -0.25) is 0 Å². The fourth-order valence-electron chi connectivity index (χ4n) is 4.13. The van der Waals surface area contributed by atoms with Crippen LogP contribution in [0.15, 0.2) is 13.6 Å². The Bertz CT molecular complexity index is 445. The molecule has 2 saturated carbocycles. The van der Waals surface area contributed by atoms with Gasteiger partial charge in [0, 0.05) is 6.04 Å². The van der Waals surface area contributed by atoms with Gasteiger partial charge in [-0.2, -0.15) is 0 Å². The molecule has 2 aliphatic rings. The molecule has 0 radical (unpaired) electrons. The predicted octanol–water partition coefficient (Wildman–Crippen LogP) is 5.75. The molecule has 0 aliphatic heterocycles. The van der Waals surface area contributed by atoms with Gasteiger partial charge in [-0.1, -0.05) is 13.3 Å². The van der Waals surface area contributed by atoms with Crippen molar-refractivity contribution < 1.29 is 0 Å². The Morgan fingerprint density at radius 1 is 1.37 bits per heavy atom. The quantitative estimate of drug-likeness (QED) is 0.656.